The highest BCUT2D eigenvalue weighted by Crippen LogP contribution is 2.43. The quantitative estimate of drug-likeness (QED) is 0.0117. The number of rotatable bonds is 66. The van der Waals surface area contributed by atoms with Crippen molar-refractivity contribution in [3.8, 4) is 0 Å². The summed E-state index contributed by atoms with van der Waals surface area (Å²) in [5.41, 5.74) is 0. The molecular weight excluding hydrogens is 1110 g/mol. The summed E-state index contributed by atoms with van der Waals surface area (Å²) >= 11 is 0. The molecule has 20 nitrogen and oxygen atoms in total. The Bertz CT molecular complexity index is 1440. The first-order valence-corrected chi connectivity index (χ1v) is 36.2. The van der Waals surface area contributed by atoms with Crippen LogP contribution in [0.2, 0.25) is 0 Å². The second-order valence-corrected chi connectivity index (χ2v) is 25.8. The summed E-state index contributed by atoms with van der Waals surface area (Å²) in [6.07, 6.45) is 36.8. The minimum absolute atomic E-state index is 0.0439. The second kappa shape index (κ2) is 58.5. The maximum Gasteiger partial charge on any atom is 0.472 e. The van der Waals surface area contributed by atoms with Gasteiger partial charge in [-0.25, -0.2) is 9.13 Å². The van der Waals surface area contributed by atoms with Crippen LogP contribution in [0.3, 0.4) is 0 Å². The van der Waals surface area contributed by atoms with Crippen LogP contribution in [-0.4, -0.2) is 145 Å². The van der Waals surface area contributed by atoms with Crippen molar-refractivity contribution in [2.45, 2.75) is 315 Å². The molecule has 0 aliphatic carbocycles. The fraction of sp³-hybridized carbons (Fsp3) is 0.967. The second-order valence-electron chi connectivity index (χ2n) is 22.9. The van der Waals surface area contributed by atoms with Gasteiger partial charge in [-0.05, 0) is 51.4 Å². The SMILES string of the molecule is CCCCCCCCCCCCCC(O)NC(COCCC(O)CCCCCCC)COP(=O)(O)OCCNC(=O)CC(=O)NCCOP(=O)(O)OCC(COCCC(O)CCCCCCC)NC(O)CCCCCCCCCCCCC. The van der Waals surface area contributed by atoms with Gasteiger partial charge in [-0.15, -0.1) is 0 Å². The lowest BCUT2D eigenvalue weighted by atomic mass is 10.0. The van der Waals surface area contributed by atoms with Crippen molar-refractivity contribution in [3.63, 3.8) is 0 Å². The topological polar surface area (TPSA) is 293 Å². The van der Waals surface area contributed by atoms with Gasteiger partial charge in [0.25, 0.3) is 0 Å². The van der Waals surface area contributed by atoms with Crippen LogP contribution in [0.25, 0.3) is 0 Å². The fourth-order valence-corrected chi connectivity index (χ4v) is 11.1. The molecule has 83 heavy (non-hydrogen) atoms. The number of unbranched alkanes of at least 4 members (excludes halogenated alkanes) is 28. The molecule has 0 aliphatic heterocycles. The minimum Gasteiger partial charge on any atom is -0.393 e. The summed E-state index contributed by atoms with van der Waals surface area (Å²) in [5, 5.41) is 53.4. The molecule has 496 valence electrons. The van der Waals surface area contributed by atoms with E-state index in [0.717, 1.165) is 89.9 Å². The van der Waals surface area contributed by atoms with Crippen LogP contribution in [0.5, 0.6) is 0 Å². The van der Waals surface area contributed by atoms with E-state index in [0.29, 0.717) is 38.5 Å². The van der Waals surface area contributed by atoms with E-state index in [9.17, 15) is 48.9 Å². The van der Waals surface area contributed by atoms with Gasteiger partial charge in [0, 0.05) is 26.3 Å². The predicted molar refractivity (Wildman–Crippen MR) is 332 cm³/mol. The number of hydrogen-bond donors (Lipinski definition) is 10. The maximum absolute atomic E-state index is 12.8. The largest absolute Gasteiger partial charge is 0.472 e. The van der Waals surface area contributed by atoms with E-state index in [1.54, 1.807) is 0 Å². The Hall–Kier alpha value is -1.16. The number of phosphoric ester groups is 2. The number of phosphoric acid groups is 2. The first-order chi connectivity index (χ1) is 40.1. The van der Waals surface area contributed by atoms with Gasteiger partial charge in [0.2, 0.25) is 11.8 Å². The number of ether oxygens (including phenoxy) is 2. The van der Waals surface area contributed by atoms with Gasteiger partial charge in [0.05, 0.1) is 63.9 Å². The minimum atomic E-state index is -4.62. The predicted octanol–water partition coefficient (Wildman–Crippen LogP) is 12.1. The lowest BCUT2D eigenvalue weighted by Crippen LogP contribution is -2.44. The van der Waals surface area contributed by atoms with Crippen molar-refractivity contribution >= 4 is 27.5 Å². The summed E-state index contributed by atoms with van der Waals surface area (Å²) in [6, 6.07) is -1.35. The maximum atomic E-state index is 12.8. The lowest BCUT2D eigenvalue weighted by Gasteiger charge is -2.24. The number of carbonyl (C=O) groups excluding carboxylic acids is 2. The number of aliphatic hydroxyl groups excluding tert-OH is 4. The van der Waals surface area contributed by atoms with Crippen LogP contribution in [0.15, 0.2) is 0 Å². The van der Waals surface area contributed by atoms with Crippen LogP contribution < -0.4 is 21.3 Å². The molecule has 0 aromatic carbocycles. The molecule has 0 aromatic rings. The summed E-state index contributed by atoms with van der Waals surface area (Å²) < 4.78 is 58.0. The molecule has 10 N–H and O–H groups in total. The Morgan fingerprint density at radius 2 is 0.639 bits per heavy atom. The monoisotopic (exact) mass is 1230 g/mol. The van der Waals surface area contributed by atoms with Crippen LogP contribution in [0, 0.1) is 0 Å². The Morgan fingerprint density at radius 1 is 0.361 bits per heavy atom. The molecule has 8 atom stereocenters. The van der Waals surface area contributed by atoms with Gasteiger partial charge in [-0.3, -0.25) is 38.3 Å². The van der Waals surface area contributed by atoms with Crippen molar-refractivity contribution in [3.05, 3.63) is 0 Å². The third-order valence-electron chi connectivity index (χ3n) is 14.7. The Balaban J connectivity index is 4.89. The smallest absolute Gasteiger partial charge is 0.393 e. The average Bonchev–Trinajstić information content (AvgIpc) is 3.48. The fourth-order valence-electron chi connectivity index (χ4n) is 9.57. The normalized spacial score (nSPS) is 15.5. The molecule has 0 saturated carbocycles. The third-order valence-corrected chi connectivity index (χ3v) is 16.7. The highest BCUT2D eigenvalue weighted by molar-refractivity contribution is 7.47. The van der Waals surface area contributed by atoms with Crippen molar-refractivity contribution in [1.29, 1.82) is 0 Å². The van der Waals surface area contributed by atoms with Gasteiger partial charge in [-0.2, -0.15) is 0 Å². The van der Waals surface area contributed by atoms with Crippen LogP contribution >= 0.6 is 15.6 Å². The van der Waals surface area contributed by atoms with E-state index in [2.05, 4.69) is 49.0 Å². The van der Waals surface area contributed by atoms with Gasteiger partial charge in [-0.1, -0.05) is 220 Å². The first kappa shape index (κ1) is 81.8. The number of carbonyl (C=O) groups is 2. The first-order valence-electron chi connectivity index (χ1n) is 33.2. The molecule has 22 heteroatoms. The number of amides is 2. The molecular formula is C61H126N4O16P2. The van der Waals surface area contributed by atoms with Crippen molar-refractivity contribution < 1.29 is 76.5 Å². The Morgan fingerprint density at radius 3 is 0.940 bits per heavy atom. The van der Waals surface area contributed by atoms with Crippen LogP contribution in [0.4, 0.5) is 0 Å². The number of aliphatic hydroxyl groups is 4. The zero-order valence-corrected chi connectivity index (χ0v) is 54.6. The molecule has 8 unspecified atom stereocenters. The van der Waals surface area contributed by atoms with Gasteiger partial charge in [0.1, 0.15) is 18.9 Å². The van der Waals surface area contributed by atoms with Crippen molar-refractivity contribution in [1.82, 2.24) is 21.3 Å². The Kier molecular flexibility index (Phi) is 57.7. The molecule has 0 bridgehead atoms. The lowest BCUT2D eigenvalue weighted by molar-refractivity contribution is -0.129. The Labute approximate surface area is 504 Å². The highest BCUT2D eigenvalue weighted by atomic mass is 31.2. The van der Waals surface area contributed by atoms with Crippen molar-refractivity contribution in [2.75, 3.05) is 65.9 Å². The van der Waals surface area contributed by atoms with E-state index >= 15 is 0 Å². The molecule has 0 radical (unpaired) electrons. The molecule has 0 saturated heterocycles. The summed E-state index contributed by atoms with van der Waals surface area (Å²) in [5.74, 6) is -1.43. The number of nitrogens with one attached hydrogen (secondary N) is 4. The van der Waals surface area contributed by atoms with Gasteiger partial charge < -0.3 is 50.3 Å². The molecule has 0 rings (SSSR count). The summed E-state index contributed by atoms with van der Waals surface area (Å²) in [4.78, 5) is 45.9. The molecule has 0 aliphatic rings. The molecule has 0 heterocycles. The molecule has 2 amide bonds. The van der Waals surface area contributed by atoms with E-state index in [4.69, 9.17) is 27.6 Å². The van der Waals surface area contributed by atoms with Gasteiger partial charge in [0.15, 0.2) is 0 Å². The average molecular weight is 1230 g/mol. The molecule has 0 fully saturated rings. The van der Waals surface area contributed by atoms with E-state index in [-0.39, 0.29) is 52.7 Å². The third kappa shape index (κ3) is 58.3. The van der Waals surface area contributed by atoms with Crippen LogP contribution in [0.1, 0.15) is 278 Å². The van der Waals surface area contributed by atoms with Crippen molar-refractivity contribution in [2.24, 2.45) is 0 Å². The van der Waals surface area contributed by atoms with E-state index < -0.39 is 83.8 Å². The molecule has 0 aromatic heterocycles. The van der Waals surface area contributed by atoms with Gasteiger partial charge >= 0.3 is 15.6 Å². The van der Waals surface area contributed by atoms with E-state index in [1.165, 1.54) is 116 Å². The zero-order chi connectivity index (χ0) is 61.3. The summed E-state index contributed by atoms with van der Waals surface area (Å²) in [6.45, 7) is 7.42. The number of hydrogen-bond acceptors (Lipinski definition) is 16. The highest BCUT2D eigenvalue weighted by Gasteiger charge is 2.27. The van der Waals surface area contributed by atoms with E-state index in [1.807, 2.05) is 0 Å². The summed E-state index contributed by atoms with van der Waals surface area (Å²) in [7, 11) is -9.25. The molecule has 0 spiro atoms. The standard InChI is InChI=1S/C61H126N4O16P2/c1-5-9-13-17-19-21-23-25-27-31-35-39-58(68)64-54(50-76-45-41-56(66)37-33-29-15-11-7-3)52-80-82(72,73)78-47-43-62-60(70)49-61(71)63-44-48-79-83(74,75)81-53-55(51-77-46-42-57(67)38-34-30-16-12-8-4)65-59(69)40-36-32-28-26-24-22-20-18-14-10-6-2/h54-59,64-69H,5-53H2,1-4H3,(H,62,70)(H,63,71)(H,72,73)(H,74,75). The zero-order valence-electron chi connectivity index (χ0n) is 52.8. The van der Waals surface area contributed by atoms with Crippen LogP contribution in [-0.2, 0) is 46.3 Å².